The van der Waals surface area contributed by atoms with Crippen molar-refractivity contribution in [3.05, 3.63) is 42.2 Å². The van der Waals surface area contributed by atoms with E-state index in [4.69, 9.17) is 27.9 Å². The number of piperidine rings is 2. The first-order valence-electron chi connectivity index (χ1n) is 13.0. The van der Waals surface area contributed by atoms with Gasteiger partial charge < -0.3 is 38.1 Å². The Balaban J connectivity index is 1.40. The molecular weight excluding hydrogens is 534 g/mol. The fourth-order valence-electron chi connectivity index (χ4n) is 4.90. The highest BCUT2D eigenvalue weighted by Gasteiger charge is 2.29. The summed E-state index contributed by atoms with van der Waals surface area (Å²) in [4.78, 5) is 26.0. The minimum Gasteiger partial charge on any atom is -0.338 e. The van der Waals surface area contributed by atoms with Crippen LogP contribution in [0.4, 0.5) is 29.5 Å². The Morgan fingerprint density at radius 1 is 0.750 bits per heavy atom. The van der Waals surface area contributed by atoms with Gasteiger partial charge in [0.2, 0.25) is 23.8 Å². The molecular formula is C24H35N13O2S. The number of sulfonamides is 1. The van der Waals surface area contributed by atoms with Crippen LogP contribution in [-0.2, 0) is 10.0 Å². The molecule has 4 heterocycles. The lowest BCUT2D eigenvalue weighted by Crippen LogP contribution is -2.54. The van der Waals surface area contributed by atoms with Crippen molar-refractivity contribution in [2.24, 2.45) is 22.9 Å². The lowest BCUT2D eigenvalue weighted by atomic mass is 10.0. The molecule has 40 heavy (non-hydrogen) atoms. The lowest BCUT2D eigenvalue weighted by molar-refractivity contribution is 0.441. The molecule has 1 aromatic carbocycles. The molecule has 4 atom stereocenters. The normalized spacial score (nSPS) is 23.6. The zero-order valence-corrected chi connectivity index (χ0v) is 23.0. The van der Waals surface area contributed by atoms with Crippen molar-refractivity contribution in [2.75, 3.05) is 46.0 Å². The highest BCUT2D eigenvalue weighted by atomic mass is 32.2. The van der Waals surface area contributed by atoms with Crippen LogP contribution in [0.5, 0.6) is 0 Å². The van der Waals surface area contributed by atoms with E-state index in [9.17, 15) is 8.42 Å². The summed E-state index contributed by atoms with van der Waals surface area (Å²) in [6, 6.07) is 7.43. The summed E-state index contributed by atoms with van der Waals surface area (Å²) >= 11 is 0. The first-order valence-corrected chi connectivity index (χ1v) is 14.5. The van der Waals surface area contributed by atoms with Gasteiger partial charge in [0.15, 0.2) is 0 Å². The van der Waals surface area contributed by atoms with Gasteiger partial charge in [-0.15, -0.1) is 0 Å². The van der Waals surface area contributed by atoms with Crippen LogP contribution in [0.3, 0.4) is 0 Å². The summed E-state index contributed by atoms with van der Waals surface area (Å²) in [7, 11) is -3.89. The van der Waals surface area contributed by atoms with Crippen molar-refractivity contribution in [3.8, 4) is 0 Å². The van der Waals surface area contributed by atoms with Gasteiger partial charge in [0.05, 0.1) is 4.90 Å². The van der Waals surface area contributed by atoms with Crippen LogP contribution in [0, 0.1) is 6.92 Å². The number of rotatable bonds is 7. The summed E-state index contributed by atoms with van der Waals surface area (Å²) in [5.41, 5.74) is 26.1. The van der Waals surface area contributed by atoms with Crippen molar-refractivity contribution in [3.63, 3.8) is 0 Å². The Morgan fingerprint density at radius 3 is 1.77 bits per heavy atom. The van der Waals surface area contributed by atoms with Crippen molar-refractivity contribution in [1.82, 2.24) is 24.9 Å². The number of aryl methyl sites for hydroxylation is 1. The van der Waals surface area contributed by atoms with Gasteiger partial charge in [-0.1, -0.05) is 0 Å². The van der Waals surface area contributed by atoms with Crippen molar-refractivity contribution in [1.29, 1.82) is 0 Å². The first-order chi connectivity index (χ1) is 19.0. The quantitative estimate of drug-likeness (QED) is 0.205. The molecule has 5 rings (SSSR count). The van der Waals surface area contributed by atoms with Gasteiger partial charge in [-0.05, 0) is 50.1 Å². The van der Waals surface area contributed by atoms with Crippen molar-refractivity contribution >= 4 is 39.5 Å². The monoisotopic (exact) mass is 569 g/mol. The van der Waals surface area contributed by atoms with Crippen LogP contribution in [0.15, 0.2) is 41.4 Å². The fourth-order valence-corrected chi connectivity index (χ4v) is 5.85. The van der Waals surface area contributed by atoms with Gasteiger partial charge in [0.1, 0.15) is 0 Å². The second-order valence-electron chi connectivity index (χ2n) is 10.4. The SMILES string of the molecule is Cc1ccnc(NS(=O)(=O)c2ccc(Nc3nc(N4C[C@H](N)C[C@H](N)C4)nc(N4C[C@H](N)C[C@H](N)C4)n3)cc2)n1. The Bertz CT molecular complexity index is 1370. The molecule has 0 bridgehead atoms. The first kappa shape index (κ1) is 27.9. The Morgan fingerprint density at radius 2 is 1.27 bits per heavy atom. The molecule has 2 saturated heterocycles. The van der Waals surface area contributed by atoms with Gasteiger partial charge in [-0.3, -0.25) is 0 Å². The number of anilines is 5. The number of hydrogen-bond acceptors (Lipinski definition) is 14. The third kappa shape index (κ3) is 6.71. The zero-order valence-electron chi connectivity index (χ0n) is 22.2. The minimum atomic E-state index is -3.89. The topological polar surface area (TPSA) is 233 Å². The smallest absolute Gasteiger partial charge is 0.264 e. The van der Waals surface area contributed by atoms with Crippen molar-refractivity contribution < 1.29 is 8.42 Å². The van der Waals surface area contributed by atoms with Crippen LogP contribution in [-0.4, -0.2) is 83.7 Å². The van der Waals surface area contributed by atoms with Crippen LogP contribution in [0.1, 0.15) is 18.5 Å². The van der Waals surface area contributed by atoms with Crippen LogP contribution < -0.4 is 42.8 Å². The van der Waals surface area contributed by atoms with E-state index in [1.807, 2.05) is 9.80 Å². The summed E-state index contributed by atoms with van der Waals surface area (Å²) in [6.07, 6.45) is 2.92. The van der Waals surface area contributed by atoms with Gasteiger partial charge in [0, 0.05) is 67.9 Å². The van der Waals surface area contributed by atoms with Crippen LogP contribution in [0.25, 0.3) is 0 Å². The zero-order chi connectivity index (χ0) is 28.4. The van der Waals surface area contributed by atoms with E-state index in [0.29, 0.717) is 49.5 Å². The van der Waals surface area contributed by atoms with Gasteiger partial charge in [-0.25, -0.2) is 23.1 Å². The minimum absolute atomic E-state index is 0.00162. The standard InChI is InChI=1S/C24H35N13O2S/c1-14-6-7-29-21(30-14)35-40(38,39)20-4-2-19(3-5-20)31-22-32-23(36-10-15(25)8-16(26)11-36)34-24(33-22)37-12-17(27)9-18(28)13-37/h2-7,15-18H,8-13,25-28H2,1H3,(H,29,30,35)(H,31,32,33,34)/t15-,16+,17-,18+. The molecule has 10 N–H and O–H groups in total. The van der Waals surface area contributed by atoms with Gasteiger partial charge in [0.25, 0.3) is 10.0 Å². The Hall–Kier alpha value is -3.70. The number of hydrogen-bond donors (Lipinski definition) is 6. The summed E-state index contributed by atoms with van der Waals surface area (Å²) in [5, 5.41) is 3.16. The second-order valence-corrected chi connectivity index (χ2v) is 12.0. The van der Waals surface area contributed by atoms with Gasteiger partial charge >= 0.3 is 0 Å². The molecule has 16 heteroatoms. The molecule has 15 nitrogen and oxygen atoms in total. The average Bonchev–Trinajstić information content (AvgIpc) is 2.87. The van der Waals surface area contributed by atoms with Gasteiger partial charge in [-0.2, -0.15) is 15.0 Å². The molecule has 2 fully saturated rings. The van der Waals surface area contributed by atoms with E-state index in [1.54, 1.807) is 25.1 Å². The average molecular weight is 570 g/mol. The van der Waals surface area contributed by atoms with E-state index >= 15 is 0 Å². The summed E-state index contributed by atoms with van der Waals surface area (Å²) < 4.78 is 28.1. The van der Waals surface area contributed by atoms with E-state index < -0.39 is 10.0 Å². The molecule has 0 saturated carbocycles. The van der Waals surface area contributed by atoms with E-state index in [2.05, 4.69) is 30.0 Å². The lowest BCUT2D eigenvalue weighted by Gasteiger charge is -2.37. The molecule has 2 aliphatic heterocycles. The maximum absolute atomic E-state index is 12.8. The predicted octanol–water partition coefficient (Wildman–Crippen LogP) is -0.756. The maximum atomic E-state index is 12.8. The van der Waals surface area contributed by atoms with E-state index in [1.165, 1.54) is 18.3 Å². The third-order valence-electron chi connectivity index (χ3n) is 6.65. The van der Waals surface area contributed by atoms with Crippen LogP contribution >= 0.6 is 0 Å². The molecule has 3 aromatic rings. The largest absolute Gasteiger partial charge is 0.338 e. The molecule has 0 radical (unpaired) electrons. The van der Waals surface area contributed by atoms with E-state index in [0.717, 1.165) is 12.8 Å². The molecule has 214 valence electrons. The molecule has 0 aliphatic carbocycles. The molecule has 2 aliphatic rings. The van der Waals surface area contributed by atoms with Crippen LogP contribution in [0.2, 0.25) is 0 Å². The summed E-state index contributed by atoms with van der Waals surface area (Å²) in [6.45, 7) is 3.97. The number of nitrogens with one attached hydrogen (secondary N) is 2. The molecule has 0 unspecified atom stereocenters. The number of nitrogens with two attached hydrogens (primary N) is 4. The Kier molecular flexibility index (Phi) is 7.95. The second kappa shape index (κ2) is 11.4. The maximum Gasteiger partial charge on any atom is 0.264 e. The Labute approximate surface area is 232 Å². The number of benzene rings is 1. The highest BCUT2D eigenvalue weighted by molar-refractivity contribution is 7.92. The predicted molar refractivity (Wildman–Crippen MR) is 153 cm³/mol. The molecule has 0 amide bonds. The van der Waals surface area contributed by atoms with Crippen molar-refractivity contribution in [2.45, 2.75) is 48.8 Å². The summed E-state index contributed by atoms with van der Waals surface area (Å²) in [5.74, 6) is 1.16. The molecule has 0 spiro atoms. The fraction of sp³-hybridized carbons (Fsp3) is 0.458. The number of nitrogens with zero attached hydrogens (tertiary/aromatic N) is 7. The highest BCUT2D eigenvalue weighted by Crippen LogP contribution is 2.24. The number of aromatic nitrogens is 5. The van der Waals surface area contributed by atoms with E-state index in [-0.39, 0.29) is 41.0 Å². The third-order valence-corrected chi connectivity index (χ3v) is 7.99. The molecule has 2 aromatic heterocycles.